The number of rotatable bonds is 2. The quantitative estimate of drug-likeness (QED) is 0.595. The third-order valence-corrected chi connectivity index (χ3v) is 1.14. The summed E-state index contributed by atoms with van der Waals surface area (Å²) in [5.74, 6) is -0.695. The predicted molar refractivity (Wildman–Crippen MR) is 42.8 cm³/mol. The Hall–Kier alpha value is -1.12. The number of nitrogens with two attached hydrogens (primary N) is 1. The van der Waals surface area contributed by atoms with Crippen LogP contribution in [-0.2, 0) is 9.59 Å². The van der Waals surface area contributed by atoms with Crippen LogP contribution in [0.5, 0.6) is 0 Å². The highest BCUT2D eigenvalue weighted by Gasteiger charge is 2.17. The van der Waals surface area contributed by atoms with Crippen molar-refractivity contribution in [1.82, 2.24) is 0 Å². The zero-order valence-electron chi connectivity index (χ0n) is 7.05. The molecule has 0 aromatic heterocycles. The van der Waals surface area contributed by atoms with Crippen LogP contribution in [0, 0.1) is 5.41 Å². The van der Waals surface area contributed by atoms with Gasteiger partial charge in [0.15, 0.2) is 5.78 Å². The molecule has 0 bridgehead atoms. The van der Waals surface area contributed by atoms with Crippen LogP contribution < -0.4 is 5.73 Å². The highest BCUT2D eigenvalue weighted by atomic mass is 16.1. The first kappa shape index (κ1) is 9.88. The Morgan fingerprint density at radius 1 is 1.18 bits per heavy atom. The summed E-state index contributed by atoms with van der Waals surface area (Å²) < 4.78 is 0. The van der Waals surface area contributed by atoms with E-state index < -0.39 is 11.3 Å². The molecule has 0 aliphatic heterocycles. The molecule has 1 amide bonds. The van der Waals surface area contributed by atoms with E-state index in [9.17, 15) is 9.59 Å². The third kappa shape index (κ3) is 4.31. The number of amides is 1. The number of ketones is 1. The summed E-state index contributed by atoms with van der Waals surface area (Å²) in [6.07, 6.45) is 2.29. The minimum atomic E-state index is -0.595. The van der Waals surface area contributed by atoms with Crippen molar-refractivity contribution in [2.75, 3.05) is 0 Å². The van der Waals surface area contributed by atoms with Crippen molar-refractivity contribution in [3.8, 4) is 0 Å². The van der Waals surface area contributed by atoms with Gasteiger partial charge in [0, 0.05) is 11.5 Å². The molecule has 0 aliphatic rings. The van der Waals surface area contributed by atoms with E-state index in [2.05, 4.69) is 0 Å². The Bertz CT molecular complexity index is 199. The summed E-state index contributed by atoms with van der Waals surface area (Å²) >= 11 is 0. The molecule has 0 rings (SSSR count). The van der Waals surface area contributed by atoms with Crippen LogP contribution in [0.15, 0.2) is 12.2 Å². The van der Waals surface area contributed by atoms with E-state index in [0.29, 0.717) is 0 Å². The second-order valence-electron chi connectivity index (χ2n) is 3.35. The maximum absolute atomic E-state index is 11.1. The van der Waals surface area contributed by atoms with E-state index in [1.165, 1.54) is 6.08 Å². The van der Waals surface area contributed by atoms with Crippen LogP contribution >= 0.6 is 0 Å². The second kappa shape index (κ2) is 3.32. The van der Waals surface area contributed by atoms with Crippen molar-refractivity contribution in [2.24, 2.45) is 11.1 Å². The zero-order chi connectivity index (χ0) is 9.07. The Morgan fingerprint density at radius 2 is 1.64 bits per heavy atom. The van der Waals surface area contributed by atoms with Crippen molar-refractivity contribution < 1.29 is 9.59 Å². The fourth-order valence-electron chi connectivity index (χ4n) is 0.408. The van der Waals surface area contributed by atoms with E-state index in [1.807, 2.05) is 0 Å². The maximum Gasteiger partial charge on any atom is 0.241 e. The maximum atomic E-state index is 11.1. The van der Waals surface area contributed by atoms with E-state index in [-0.39, 0.29) is 5.78 Å². The van der Waals surface area contributed by atoms with Gasteiger partial charge < -0.3 is 5.73 Å². The lowest BCUT2D eigenvalue weighted by molar-refractivity contribution is -0.121. The Morgan fingerprint density at radius 3 is 1.91 bits per heavy atom. The third-order valence-electron chi connectivity index (χ3n) is 1.14. The van der Waals surface area contributed by atoms with Gasteiger partial charge in [-0.15, -0.1) is 0 Å². The molecule has 0 unspecified atom stereocenters. The largest absolute Gasteiger partial charge is 0.366 e. The van der Waals surface area contributed by atoms with Crippen LogP contribution in [0.3, 0.4) is 0 Å². The van der Waals surface area contributed by atoms with Gasteiger partial charge in [0.05, 0.1) is 0 Å². The molecule has 0 saturated carbocycles. The van der Waals surface area contributed by atoms with Gasteiger partial charge in [0.2, 0.25) is 5.91 Å². The van der Waals surface area contributed by atoms with Crippen molar-refractivity contribution in [3.63, 3.8) is 0 Å². The van der Waals surface area contributed by atoms with Crippen LogP contribution in [0.1, 0.15) is 20.8 Å². The average Bonchev–Trinajstić information content (AvgIpc) is 1.80. The highest BCUT2D eigenvalue weighted by Crippen LogP contribution is 2.14. The molecule has 3 heteroatoms. The normalized spacial score (nSPS) is 11.9. The molecule has 11 heavy (non-hydrogen) atoms. The summed E-state index contributed by atoms with van der Waals surface area (Å²) in [5, 5.41) is 0. The summed E-state index contributed by atoms with van der Waals surface area (Å²) in [7, 11) is 0. The van der Waals surface area contributed by atoms with Crippen LogP contribution in [0.25, 0.3) is 0 Å². The monoisotopic (exact) mass is 155 g/mol. The van der Waals surface area contributed by atoms with Gasteiger partial charge in [-0.25, -0.2) is 0 Å². The molecule has 0 aliphatic carbocycles. The van der Waals surface area contributed by atoms with E-state index in [1.54, 1.807) is 20.8 Å². The van der Waals surface area contributed by atoms with Crippen molar-refractivity contribution in [2.45, 2.75) is 20.8 Å². The molecule has 0 heterocycles. The summed E-state index contributed by atoms with van der Waals surface area (Å²) in [4.78, 5) is 21.3. The van der Waals surface area contributed by atoms with Crippen LogP contribution in [-0.4, -0.2) is 11.7 Å². The molecule has 0 radical (unpaired) electrons. The molecule has 62 valence electrons. The summed E-state index contributed by atoms with van der Waals surface area (Å²) in [6.45, 7) is 5.34. The number of hydrogen-bond acceptors (Lipinski definition) is 2. The molecule has 3 nitrogen and oxygen atoms in total. The number of primary amides is 1. The Kier molecular flexibility index (Phi) is 2.99. The first-order chi connectivity index (χ1) is 4.84. The van der Waals surface area contributed by atoms with Crippen molar-refractivity contribution in [3.05, 3.63) is 12.2 Å². The van der Waals surface area contributed by atoms with E-state index >= 15 is 0 Å². The lowest BCUT2D eigenvalue weighted by Crippen LogP contribution is -2.18. The minimum Gasteiger partial charge on any atom is -0.366 e. The first-order valence-electron chi connectivity index (χ1n) is 3.36. The van der Waals surface area contributed by atoms with Gasteiger partial charge in [0.25, 0.3) is 0 Å². The molecule has 0 atom stereocenters. The summed E-state index contributed by atoms with van der Waals surface area (Å²) in [5.41, 5.74) is 4.37. The minimum absolute atomic E-state index is 0.101. The predicted octanol–water partition coefficient (Wildman–Crippen LogP) is 0.643. The molecule has 0 aromatic rings. The van der Waals surface area contributed by atoms with Gasteiger partial charge in [-0.1, -0.05) is 20.8 Å². The zero-order valence-corrected chi connectivity index (χ0v) is 7.05. The summed E-state index contributed by atoms with van der Waals surface area (Å²) in [6, 6.07) is 0. The standard InChI is InChI=1S/C8H13NO2/c1-8(2,3)6(10)4-5-7(9)11/h4-5H,1-3H3,(H2,9,11)/b5-4+. The van der Waals surface area contributed by atoms with Crippen LogP contribution in [0.2, 0.25) is 0 Å². The Labute approximate surface area is 66.3 Å². The van der Waals surface area contributed by atoms with E-state index in [0.717, 1.165) is 6.08 Å². The fourth-order valence-corrected chi connectivity index (χ4v) is 0.408. The van der Waals surface area contributed by atoms with Gasteiger partial charge in [-0.2, -0.15) is 0 Å². The van der Waals surface area contributed by atoms with Gasteiger partial charge >= 0.3 is 0 Å². The molecule has 0 aromatic carbocycles. The second-order valence-corrected chi connectivity index (χ2v) is 3.35. The topological polar surface area (TPSA) is 60.2 Å². The first-order valence-corrected chi connectivity index (χ1v) is 3.36. The number of allylic oxidation sites excluding steroid dienone is 1. The molecule has 2 N–H and O–H groups in total. The number of carbonyl (C=O) groups excluding carboxylic acids is 2. The van der Waals surface area contributed by atoms with Gasteiger partial charge in [0.1, 0.15) is 0 Å². The lowest BCUT2D eigenvalue weighted by atomic mass is 9.91. The molecular weight excluding hydrogens is 142 g/mol. The van der Waals surface area contributed by atoms with Crippen molar-refractivity contribution >= 4 is 11.7 Å². The SMILES string of the molecule is CC(C)(C)C(=O)/C=C/C(N)=O. The smallest absolute Gasteiger partial charge is 0.241 e. The van der Waals surface area contributed by atoms with E-state index in [4.69, 9.17) is 5.73 Å². The number of carbonyl (C=O) groups is 2. The van der Waals surface area contributed by atoms with Crippen LogP contribution in [0.4, 0.5) is 0 Å². The molecular formula is C8H13NO2. The van der Waals surface area contributed by atoms with Crippen molar-refractivity contribution in [1.29, 1.82) is 0 Å². The highest BCUT2D eigenvalue weighted by molar-refractivity contribution is 5.99. The van der Waals surface area contributed by atoms with Gasteiger partial charge in [-0.05, 0) is 6.08 Å². The van der Waals surface area contributed by atoms with Gasteiger partial charge in [-0.3, -0.25) is 9.59 Å². The lowest BCUT2D eigenvalue weighted by Gasteiger charge is -2.12. The average molecular weight is 155 g/mol. The Balaban J connectivity index is 4.20. The molecule has 0 spiro atoms. The fraction of sp³-hybridized carbons (Fsp3) is 0.500. The molecule has 0 saturated heterocycles. The molecule has 0 fully saturated rings. The number of hydrogen-bond donors (Lipinski definition) is 1.